The predicted octanol–water partition coefficient (Wildman–Crippen LogP) is 2.54. The van der Waals surface area contributed by atoms with E-state index in [9.17, 15) is 33.2 Å². The number of H-pyrrole nitrogens is 1. The van der Waals surface area contributed by atoms with Crippen LogP contribution in [-0.2, 0) is 23.9 Å². The minimum atomic E-state index is -1.02. The van der Waals surface area contributed by atoms with E-state index in [1.54, 1.807) is 32.1 Å². The second-order valence-corrected chi connectivity index (χ2v) is 12.0. The maximum absolute atomic E-state index is 13.8. The Hall–Kier alpha value is -5.67. The Morgan fingerprint density at radius 1 is 0.920 bits per heavy atom. The molecule has 5 N–H and O–H groups in total. The van der Waals surface area contributed by atoms with Crippen LogP contribution in [0.25, 0.3) is 11.6 Å². The Morgan fingerprint density at radius 3 is 2.42 bits per heavy atom. The number of aromatic nitrogens is 1. The van der Waals surface area contributed by atoms with Crippen LogP contribution in [-0.4, -0.2) is 90.9 Å². The molecule has 0 radical (unpaired) electrons. The number of hydrogen-bond acceptors (Lipinski definition) is 9. The molecule has 1 fully saturated rings. The van der Waals surface area contributed by atoms with Crippen LogP contribution in [0.2, 0.25) is 0 Å². The zero-order valence-corrected chi connectivity index (χ0v) is 27.4. The lowest BCUT2D eigenvalue weighted by molar-refractivity contribution is -0.136. The topological polar surface area (TPSA) is 188 Å². The van der Waals surface area contributed by atoms with Crippen molar-refractivity contribution < 1.29 is 42.6 Å². The lowest BCUT2D eigenvalue weighted by Crippen LogP contribution is -2.54. The third-order valence-corrected chi connectivity index (χ3v) is 8.68. The van der Waals surface area contributed by atoms with Crippen LogP contribution < -0.4 is 21.3 Å². The van der Waals surface area contributed by atoms with Crippen molar-refractivity contribution in [3.63, 3.8) is 0 Å². The molecule has 0 saturated carbocycles. The summed E-state index contributed by atoms with van der Waals surface area (Å²) in [5.41, 5.74) is 4.60. The van der Waals surface area contributed by atoms with Crippen LogP contribution in [0.5, 0.6) is 0 Å². The van der Waals surface area contributed by atoms with E-state index in [-0.39, 0.29) is 48.9 Å². The van der Waals surface area contributed by atoms with Gasteiger partial charge in [-0.25, -0.2) is 4.39 Å². The highest BCUT2D eigenvalue weighted by atomic mass is 19.1. The van der Waals surface area contributed by atoms with Crippen molar-refractivity contribution in [1.82, 2.24) is 20.5 Å². The van der Waals surface area contributed by atoms with Crippen LogP contribution in [0.1, 0.15) is 66.4 Å². The number of nitrogens with zero attached hydrogens (tertiary/aromatic N) is 1. The van der Waals surface area contributed by atoms with Crippen molar-refractivity contribution in [2.24, 2.45) is 0 Å². The highest BCUT2D eigenvalue weighted by molar-refractivity contribution is 6.35. The summed E-state index contributed by atoms with van der Waals surface area (Å²) in [4.78, 5) is 79.1. The van der Waals surface area contributed by atoms with Crippen molar-refractivity contribution in [3.05, 3.63) is 81.4 Å². The van der Waals surface area contributed by atoms with Gasteiger partial charge in [-0.3, -0.25) is 39.0 Å². The van der Waals surface area contributed by atoms with E-state index in [0.717, 1.165) is 4.90 Å². The number of fused-ring (bicyclic) bond motifs is 2. The number of hydrogen-bond donors (Lipinski definition) is 5. The number of imide groups is 2. The average molecular weight is 687 g/mol. The number of anilines is 2. The fourth-order valence-corrected chi connectivity index (χ4v) is 6.20. The smallest absolute Gasteiger partial charge is 0.262 e. The third-order valence-electron chi connectivity index (χ3n) is 8.68. The van der Waals surface area contributed by atoms with Gasteiger partial charge in [0.05, 0.1) is 48.7 Å². The molecule has 15 heteroatoms. The molecule has 1 atom stereocenters. The van der Waals surface area contributed by atoms with Gasteiger partial charge in [0.2, 0.25) is 11.8 Å². The molecule has 260 valence electrons. The van der Waals surface area contributed by atoms with Crippen LogP contribution in [0.4, 0.5) is 15.8 Å². The molecule has 1 aromatic heterocycles. The van der Waals surface area contributed by atoms with E-state index in [4.69, 9.17) is 9.47 Å². The number of ether oxygens (including phenoxy) is 2. The molecule has 3 aliphatic heterocycles. The molecule has 1 unspecified atom stereocenters. The first-order valence-corrected chi connectivity index (χ1v) is 16.1. The lowest BCUT2D eigenvalue weighted by Gasteiger charge is -2.27. The molecule has 14 nitrogen and oxygen atoms in total. The predicted molar refractivity (Wildman–Crippen MR) is 179 cm³/mol. The summed E-state index contributed by atoms with van der Waals surface area (Å²) in [6.07, 6.45) is 1.76. The maximum atomic E-state index is 13.8. The minimum absolute atomic E-state index is 0.0537. The van der Waals surface area contributed by atoms with E-state index in [1.165, 1.54) is 24.3 Å². The van der Waals surface area contributed by atoms with Gasteiger partial charge >= 0.3 is 0 Å². The molecule has 0 bridgehead atoms. The molecule has 6 rings (SSSR count). The number of aryl methyl sites for hydroxylation is 1. The molecular weight excluding hydrogens is 651 g/mol. The van der Waals surface area contributed by atoms with Gasteiger partial charge in [-0.05, 0) is 68.3 Å². The molecule has 0 spiro atoms. The highest BCUT2D eigenvalue weighted by Crippen LogP contribution is 2.34. The molecule has 0 aliphatic carbocycles. The van der Waals surface area contributed by atoms with Gasteiger partial charge in [0.15, 0.2) is 0 Å². The first-order chi connectivity index (χ1) is 24.0. The van der Waals surface area contributed by atoms with E-state index in [0.29, 0.717) is 71.4 Å². The largest absolute Gasteiger partial charge is 0.383 e. The molecule has 3 aromatic rings. The van der Waals surface area contributed by atoms with Crippen LogP contribution in [0.3, 0.4) is 0 Å². The highest BCUT2D eigenvalue weighted by Gasteiger charge is 2.44. The summed E-state index contributed by atoms with van der Waals surface area (Å²) in [7, 11) is 0. The van der Waals surface area contributed by atoms with Gasteiger partial charge in [0.25, 0.3) is 23.6 Å². The Balaban J connectivity index is 0.890. The first-order valence-electron chi connectivity index (χ1n) is 16.1. The minimum Gasteiger partial charge on any atom is -0.383 e. The van der Waals surface area contributed by atoms with Gasteiger partial charge in [-0.1, -0.05) is 0 Å². The summed E-state index contributed by atoms with van der Waals surface area (Å²) in [6, 6.07) is 7.83. The zero-order valence-electron chi connectivity index (χ0n) is 27.4. The van der Waals surface area contributed by atoms with E-state index in [1.807, 2.05) is 0 Å². The van der Waals surface area contributed by atoms with Crippen LogP contribution in [0.15, 0.2) is 36.4 Å². The van der Waals surface area contributed by atoms with E-state index >= 15 is 0 Å². The molecule has 1 saturated heterocycles. The second kappa shape index (κ2) is 14.4. The Kier molecular flexibility index (Phi) is 9.88. The fourth-order valence-electron chi connectivity index (χ4n) is 6.20. The lowest BCUT2D eigenvalue weighted by atomic mass is 10.0. The van der Waals surface area contributed by atoms with E-state index in [2.05, 4.69) is 26.3 Å². The standard InChI is InChI=1S/C35H35FN6O8/c1-18-27(17-24-23-15-20(36)3-6-26(23)40-31(24)44)39-19(2)30(18)33(46)38-10-12-50-14-13-49-11-9-37-21-4-5-22-25(16-21)35(48)42(34(22)47)28-7-8-29(43)41-32(28)45/h3-6,15-17,28,37,39H,7-14H2,1-2H3,(H,38,46)(H,40,44)(H,41,43,45). The van der Waals surface area contributed by atoms with E-state index < -0.39 is 35.5 Å². The molecular formula is C35H35FN6O8. The zero-order chi connectivity index (χ0) is 35.5. The van der Waals surface area contributed by atoms with Crippen LogP contribution in [0, 0.1) is 19.7 Å². The van der Waals surface area contributed by atoms with Crippen molar-refractivity contribution in [2.75, 3.05) is 50.2 Å². The van der Waals surface area contributed by atoms with Crippen molar-refractivity contribution in [1.29, 1.82) is 0 Å². The van der Waals surface area contributed by atoms with Crippen molar-refractivity contribution in [2.45, 2.75) is 32.7 Å². The normalized spacial score (nSPS) is 17.6. The van der Waals surface area contributed by atoms with Gasteiger partial charge in [0, 0.05) is 47.8 Å². The van der Waals surface area contributed by atoms with Crippen molar-refractivity contribution in [3.8, 4) is 0 Å². The number of halogens is 1. The molecule has 50 heavy (non-hydrogen) atoms. The summed E-state index contributed by atoms with van der Waals surface area (Å²) < 4.78 is 25.0. The maximum Gasteiger partial charge on any atom is 0.262 e. The van der Waals surface area contributed by atoms with Crippen molar-refractivity contribution >= 4 is 58.5 Å². The van der Waals surface area contributed by atoms with Gasteiger partial charge in [0.1, 0.15) is 11.9 Å². The number of carbonyl (C=O) groups is 6. The molecule has 6 amide bonds. The fraction of sp³-hybridized carbons (Fsp3) is 0.314. The summed E-state index contributed by atoms with van der Waals surface area (Å²) in [5.74, 6) is -3.32. The monoisotopic (exact) mass is 686 g/mol. The number of benzene rings is 2. The Morgan fingerprint density at radius 2 is 1.66 bits per heavy atom. The molecule has 2 aromatic carbocycles. The van der Waals surface area contributed by atoms with Gasteiger partial charge in [-0.15, -0.1) is 0 Å². The molecule has 4 heterocycles. The Labute approximate surface area is 285 Å². The first kappa shape index (κ1) is 34.2. The number of rotatable bonds is 13. The number of aromatic amines is 1. The summed E-state index contributed by atoms with van der Waals surface area (Å²) in [6.45, 7) is 5.40. The van der Waals surface area contributed by atoms with Gasteiger partial charge < -0.3 is 30.4 Å². The number of amides is 6. The quantitative estimate of drug-likeness (QED) is 0.102. The Bertz CT molecular complexity index is 1950. The molecule has 3 aliphatic rings. The average Bonchev–Trinajstić information content (AvgIpc) is 3.64. The summed E-state index contributed by atoms with van der Waals surface area (Å²) in [5, 5.41) is 10.9. The second-order valence-electron chi connectivity index (χ2n) is 12.0. The number of nitrogens with one attached hydrogen (secondary N) is 5. The van der Waals surface area contributed by atoms with Gasteiger partial charge in [-0.2, -0.15) is 0 Å². The summed E-state index contributed by atoms with van der Waals surface area (Å²) >= 11 is 0. The SMILES string of the molecule is Cc1[nH]c(C=C2C(=O)Nc3ccc(F)cc32)c(C)c1C(=O)NCCOCCOCCNc1ccc2c(c1)C(=O)N(C1CCC(=O)NC1=O)C2=O. The number of piperidine rings is 1. The van der Waals surface area contributed by atoms with Crippen LogP contribution >= 0.6 is 0 Å². The number of carbonyl (C=O) groups excluding carboxylic acids is 6. The third kappa shape index (κ3) is 6.91.